The molecular formula is C13H20O3. The van der Waals surface area contributed by atoms with Crippen molar-refractivity contribution in [2.24, 2.45) is 0 Å². The molecule has 1 aliphatic carbocycles. The Hall–Kier alpha value is -1.12. The zero-order chi connectivity index (χ0) is 11.8. The number of carbonyl (C=O) groups excluding carboxylic acids is 2. The predicted octanol–water partition coefficient (Wildman–Crippen LogP) is 2.79. The van der Waals surface area contributed by atoms with Gasteiger partial charge in [0, 0.05) is 12.8 Å². The lowest BCUT2D eigenvalue weighted by Crippen LogP contribution is -1.99. The third-order valence-corrected chi connectivity index (χ3v) is 2.91. The quantitative estimate of drug-likeness (QED) is 0.396. The van der Waals surface area contributed by atoms with Crippen LogP contribution in [0.4, 0.5) is 0 Å². The van der Waals surface area contributed by atoms with Crippen molar-refractivity contribution in [1.82, 2.24) is 0 Å². The molecule has 0 bridgehead atoms. The van der Waals surface area contributed by atoms with E-state index in [1.54, 1.807) is 0 Å². The van der Waals surface area contributed by atoms with Gasteiger partial charge in [-0.15, -0.1) is 0 Å². The summed E-state index contributed by atoms with van der Waals surface area (Å²) in [4.78, 5) is 22.1. The molecule has 3 nitrogen and oxygen atoms in total. The second-order valence-electron chi connectivity index (χ2n) is 4.18. The average Bonchev–Trinajstić information content (AvgIpc) is 2.69. The third-order valence-electron chi connectivity index (χ3n) is 2.91. The fourth-order valence-corrected chi connectivity index (χ4v) is 1.92. The number of allylic oxidation sites excluding steroid dienone is 2. The molecule has 0 aromatic heterocycles. The molecule has 16 heavy (non-hydrogen) atoms. The van der Waals surface area contributed by atoms with Crippen LogP contribution in [0, 0.1) is 0 Å². The number of esters is 1. The van der Waals surface area contributed by atoms with Crippen LogP contribution in [0.2, 0.25) is 0 Å². The molecule has 0 aromatic carbocycles. The molecule has 0 spiro atoms. The highest BCUT2D eigenvalue weighted by Crippen LogP contribution is 2.21. The molecule has 1 fully saturated rings. The van der Waals surface area contributed by atoms with E-state index in [0.717, 1.165) is 50.5 Å². The highest BCUT2D eigenvalue weighted by molar-refractivity contribution is 5.97. The zero-order valence-corrected chi connectivity index (χ0v) is 9.96. The van der Waals surface area contributed by atoms with Crippen molar-refractivity contribution < 1.29 is 14.3 Å². The number of ether oxygens (including phenoxy) is 1. The lowest BCUT2D eigenvalue weighted by Gasteiger charge is -1.99. The molecule has 0 aromatic rings. The van der Waals surface area contributed by atoms with Crippen molar-refractivity contribution in [3.05, 3.63) is 11.6 Å². The van der Waals surface area contributed by atoms with Crippen LogP contribution < -0.4 is 0 Å². The minimum absolute atomic E-state index is 0.135. The maximum Gasteiger partial charge on any atom is 0.305 e. The van der Waals surface area contributed by atoms with Gasteiger partial charge in [0.05, 0.1) is 7.11 Å². The Morgan fingerprint density at radius 3 is 2.75 bits per heavy atom. The fraction of sp³-hybridized carbons (Fsp3) is 0.692. The van der Waals surface area contributed by atoms with E-state index in [1.807, 2.05) is 0 Å². The molecule has 0 saturated heterocycles. The Bertz CT molecular complexity index is 279. The van der Waals surface area contributed by atoms with Gasteiger partial charge < -0.3 is 4.74 Å². The summed E-state index contributed by atoms with van der Waals surface area (Å²) in [6.07, 6.45) is 9.20. The summed E-state index contributed by atoms with van der Waals surface area (Å²) in [5.41, 5.74) is 1.02. The van der Waals surface area contributed by atoms with E-state index in [9.17, 15) is 9.59 Å². The van der Waals surface area contributed by atoms with Crippen molar-refractivity contribution in [2.45, 2.75) is 51.4 Å². The average molecular weight is 224 g/mol. The Labute approximate surface area is 96.9 Å². The van der Waals surface area contributed by atoms with Gasteiger partial charge in [0.25, 0.3) is 0 Å². The van der Waals surface area contributed by atoms with Gasteiger partial charge >= 0.3 is 5.97 Å². The molecule has 0 N–H and O–H groups in total. The molecule has 1 aliphatic rings. The lowest BCUT2D eigenvalue weighted by atomic mass is 10.1. The number of carbonyl (C=O) groups is 2. The van der Waals surface area contributed by atoms with Crippen molar-refractivity contribution in [2.75, 3.05) is 7.11 Å². The van der Waals surface area contributed by atoms with Gasteiger partial charge in [-0.05, 0) is 37.7 Å². The summed E-state index contributed by atoms with van der Waals surface area (Å²) < 4.78 is 4.56. The standard InChI is InChI=1S/C13H20O3/c1-16-13(15)10-5-3-2-4-7-11-8-6-9-12(11)14/h7H,2-6,8-10H2,1H3/b11-7-. The van der Waals surface area contributed by atoms with Crippen LogP contribution in [0.25, 0.3) is 0 Å². The zero-order valence-electron chi connectivity index (χ0n) is 9.96. The third kappa shape index (κ3) is 4.60. The van der Waals surface area contributed by atoms with E-state index in [4.69, 9.17) is 0 Å². The molecule has 90 valence electrons. The molecule has 3 heteroatoms. The largest absolute Gasteiger partial charge is 0.469 e. The molecule has 1 saturated carbocycles. The number of rotatable bonds is 6. The van der Waals surface area contributed by atoms with Crippen LogP contribution in [0.5, 0.6) is 0 Å². The van der Waals surface area contributed by atoms with Crippen molar-refractivity contribution >= 4 is 11.8 Å². The normalized spacial score (nSPS) is 18.1. The first kappa shape index (κ1) is 12.9. The highest BCUT2D eigenvalue weighted by atomic mass is 16.5. The van der Waals surface area contributed by atoms with Gasteiger partial charge in [-0.1, -0.05) is 12.5 Å². The smallest absolute Gasteiger partial charge is 0.305 e. The van der Waals surface area contributed by atoms with Gasteiger partial charge in [0.2, 0.25) is 0 Å². The number of hydrogen-bond acceptors (Lipinski definition) is 3. The van der Waals surface area contributed by atoms with Crippen molar-refractivity contribution in [3.8, 4) is 0 Å². The monoisotopic (exact) mass is 224 g/mol. The first-order valence-corrected chi connectivity index (χ1v) is 6.03. The predicted molar refractivity (Wildman–Crippen MR) is 62.0 cm³/mol. The van der Waals surface area contributed by atoms with E-state index in [2.05, 4.69) is 10.8 Å². The maximum atomic E-state index is 11.3. The van der Waals surface area contributed by atoms with Crippen LogP contribution in [0.1, 0.15) is 51.4 Å². The van der Waals surface area contributed by atoms with Gasteiger partial charge in [-0.2, -0.15) is 0 Å². The summed E-state index contributed by atoms with van der Waals surface area (Å²) in [5.74, 6) is 0.193. The van der Waals surface area contributed by atoms with Crippen molar-refractivity contribution in [1.29, 1.82) is 0 Å². The molecular weight excluding hydrogens is 204 g/mol. The number of ketones is 1. The minimum Gasteiger partial charge on any atom is -0.469 e. The SMILES string of the molecule is COC(=O)CCCCC/C=C1/CCCC1=O. The lowest BCUT2D eigenvalue weighted by molar-refractivity contribution is -0.140. The molecule has 0 aliphatic heterocycles. The number of Topliss-reactive ketones (excluding diaryl/α,β-unsaturated/α-hetero) is 1. The summed E-state index contributed by atoms with van der Waals surface area (Å²) in [7, 11) is 1.42. The van der Waals surface area contributed by atoms with E-state index >= 15 is 0 Å². The minimum atomic E-state index is -0.135. The number of methoxy groups -OCH3 is 1. The summed E-state index contributed by atoms with van der Waals surface area (Å²) in [5, 5.41) is 0. The second kappa shape index (κ2) is 7.20. The topological polar surface area (TPSA) is 43.4 Å². The summed E-state index contributed by atoms with van der Waals surface area (Å²) in [6.45, 7) is 0. The maximum absolute atomic E-state index is 11.3. The first-order chi connectivity index (χ1) is 7.74. The van der Waals surface area contributed by atoms with Crippen molar-refractivity contribution in [3.63, 3.8) is 0 Å². The molecule has 0 atom stereocenters. The summed E-state index contributed by atoms with van der Waals surface area (Å²) in [6, 6.07) is 0. The number of hydrogen-bond donors (Lipinski definition) is 0. The first-order valence-electron chi connectivity index (χ1n) is 6.03. The van der Waals surface area contributed by atoms with Gasteiger partial charge in [0.1, 0.15) is 0 Å². The fourth-order valence-electron chi connectivity index (χ4n) is 1.92. The Kier molecular flexibility index (Phi) is 5.83. The Balaban J connectivity index is 2.03. The summed E-state index contributed by atoms with van der Waals surface area (Å²) >= 11 is 0. The Morgan fingerprint density at radius 1 is 1.31 bits per heavy atom. The van der Waals surface area contributed by atoms with Crippen LogP contribution in [0.15, 0.2) is 11.6 Å². The van der Waals surface area contributed by atoms with Crippen LogP contribution in [-0.2, 0) is 14.3 Å². The Morgan fingerprint density at radius 2 is 2.12 bits per heavy atom. The molecule has 0 amide bonds. The van der Waals surface area contributed by atoms with E-state index in [0.29, 0.717) is 12.2 Å². The highest BCUT2D eigenvalue weighted by Gasteiger charge is 2.15. The van der Waals surface area contributed by atoms with Crippen LogP contribution in [0.3, 0.4) is 0 Å². The molecule has 0 unspecified atom stereocenters. The van der Waals surface area contributed by atoms with E-state index < -0.39 is 0 Å². The molecule has 1 rings (SSSR count). The van der Waals surface area contributed by atoms with E-state index in [-0.39, 0.29) is 5.97 Å². The van der Waals surface area contributed by atoms with E-state index in [1.165, 1.54) is 7.11 Å². The van der Waals surface area contributed by atoms with Gasteiger partial charge in [0.15, 0.2) is 5.78 Å². The van der Waals surface area contributed by atoms with Crippen LogP contribution in [-0.4, -0.2) is 18.9 Å². The number of unbranched alkanes of at least 4 members (excludes halogenated alkanes) is 3. The van der Waals surface area contributed by atoms with Gasteiger partial charge in [-0.25, -0.2) is 0 Å². The van der Waals surface area contributed by atoms with Gasteiger partial charge in [-0.3, -0.25) is 9.59 Å². The molecule has 0 radical (unpaired) electrons. The van der Waals surface area contributed by atoms with Crippen LogP contribution >= 0.6 is 0 Å². The molecule has 0 heterocycles. The second-order valence-corrected chi connectivity index (χ2v) is 4.18.